The highest BCUT2D eigenvalue weighted by atomic mass is 35.5. The van der Waals surface area contributed by atoms with Crippen LogP contribution in [0.1, 0.15) is 6.42 Å². The van der Waals surface area contributed by atoms with Crippen molar-refractivity contribution in [2.24, 2.45) is 5.73 Å². The molecule has 1 saturated heterocycles. The minimum atomic E-state index is -3.61. The molecule has 0 spiro atoms. The van der Waals surface area contributed by atoms with Gasteiger partial charge in [0.2, 0.25) is 5.91 Å². The average molecular weight is 441 g/mol. The molecule has 1 fully saturated rings. The van der Waals surface area contributed by atoms with Crippen LogP contribution < -0.4 is 11.1 Å². The number of thioether (sulfide) groups is 1. The zero-order valence-corrected chi connectivity index (χ0v) is 17.4. The number of rotatable bonds is 7. The molecule has 0 saturated carbocycles. The van der Waals surface area contributed by atoms with Crippen LogP contribution in [0.3, 0.4) is 0 Å². The van der Waals surface area contributed by atoms with Crippen LogP contribution in [0.25, 0.3) is 0 Å². The van der Waals surface area contributed by atoms with Crippen molar-refractivity contribution in [1.82, 2.24) is 14.5 Å². The van der Waals surface area contributed by atoms with Gasteiger partial charge in [0, 0.05) is 26.2 Å². The number of piperazine rings is 1. The van der Waals surface area contributed by atoms with E-state index in [9.17, 15) is 18.0 Å². The summed E-state index contributed by atoms with van der Waals surface area (Å²) >= 11 is 8.40. The van der Waals surface area contributed by atoms with Gasteiger partial charge < -0.3 is 16.0 Å². The summed E-state index contributed by atoms with van der Waals surface area (Å²) in [5, 5.41) is 2.47. The zero-order chi connectivity index (χ0) is 19.3. The highest BCUT2D eigenvalue weighted by molar-refractivity contribution is 7.98. The first-order valence-electron chi connectivity index (χ1n) is 7.85. The van der Waals surface area contributed by atoms with Gasteiger partial charge in [-0.25, -0.2) is 13.2 Å². The molecule has 146 valence electrons. The monoisotopic (exact) mass is 440 g/mol. The second-order valence-electron chi connectivity index (χ2n) is 5.63. The van der Waals surface area contributed by atoms with Gasteiger partial charge in [-0.1, -0.05) is 11.6 Å². The number of amides is 3. The molecule has 12 heteroatoms. The van der Waals surface area contributed by atoms with Gasteiger partial charge in [-0.05, 0) is 30.6 Å². The number of nitrogens with one attached hydrogen (secondary N) is 1. The summed E-state index contributed by atoms with van der Waals surface area (Å²) < 4.78 is 27.1. The molecule has 1 aromatic rings. The number of carbonyl (C=O) groups is 2. The molecule has 0 aromatic carbocycles. The Hall–Kier alpha value is -1.01. The lowest BCUT2D eigenvalue weighted by Gasteiger charge is -2.35. The van der Waals surface area contributed by atoms with E-state index in [1.54, 1.807) is 22.7 Å². The average Bonchev–Trinajstić information content (AvgIpc) is 3.05. The number of nitrogens with zero attached hydrogens (tertiary/aromatic N) is 2. The number of urea groups is 1. The lowest BCUT2D eigenvalue weighted by Crippen LogP contribution is -2.56. The summed E-state index contributed by atoms with van der Waals surface area (Å²) in [6.07, 6.45) is 2.38. The van der Waals surface area contributed by atoms with Crippen molar-refractivity contribution < 1.29 is 18.0 Å². The molecule has 1 aromatic heterocycles. The Bertz CT molecular complexity index is 747. The summed E-state index contributed by atoms with van der Waals surface area (Å²) in [6.45, 7) is 0.894. The second kappa shape index (κ2) is 9.27. The smallest absolute Gasteiger partial charge is 0.312 e. The quantitative estimate of drug-likeness (QED) is 0.657. The molecule has 1 atom stereocenters. The van der Waals surface area contributed by atoms with E-state index < -0.39 is 22.1 Å². The van der Waals surface area contributed by atoms with Crippen LogP contribution in [0.5, 0.6) is 0 Å². The van der Waals surface area contributed by atoms with Gasteiger partial charge in [0.1, 0.15) is 10.3 Å². The number of carbonyl (C=O) groups excluding carboxylic acids is 2. The van der Waals surface area contributed by atoms with Crippen molar-refractivity contribution in [3.8, 4) is 0 Å². The molecule has 26 heavy (non-hydrogen) atoms. The highest BCUT2D eigenvalue weighted by Crippen LogP contribution is 2.28. The molecular weight excluding hydrogens is 420 g/mol. The molecule has 0 radical (unpaired) electrons. The third-order valence-electron chi connectivity index (χ3n) is 3.92. The standard InChI is InChI=1S/C14H21ClN4O4S3/c1-24-9-4-10(17-14(16)21)13(20)18-5-7-19(8-6-18)26(22,23)12-3-2-11(15)25-12/h2-3,10H,4-9H2,1H3,(H3,16,17,21)/t10-/m0/s1. The van der Waals surface area contributed by atoms with E-state index in [1.807, 2.05) is 6.26 Å². The molecule has 3 amide bonds. The summed E-state index contributed by atoms with van der Waals surface area (Å²) in [5.41, 5.74) is 5.15. The SMILES string of the molecule is CSCC[C@H](NC(N)=O)C(=O)N1CCN(S(=O)(=O)c2ccc(Cl)s2)CC1. The largest absolute Gasteiger partial charge is 0.352 e. The summed E-state index contributed by atoms with van der Waals surface area (Å²) in [6, 6.07) is 1.58. The summed E-state index contributed by atoms with van der Waals surface area (Å²) in [5.74, 6) is 0.457. The zero-order valence-electron chi connectivity index (χ0n) is 14.2. The van der Waals surface area contributed by atoms with Crippen LogP contribution in [0, 0.1) is 0 Å². The number of hydrogen-bond acceptors (Lipinski definition) is 6. The van der Waals surface area contributed by atoms with E-state index in [0.717, 1.165) is 11.3 Å². The Morgan fingerprint density at radius 2 is 2.00 bits per heavy atom. The molecule has 0 aliphatic carbocycles. The Morgan fingerprint density at radius 1 is 1.35 bits per heavy atom. The van der Waals surface area contributed by atoms with Crippen LogP contribution in [-0.4, -0.2) is 73.8 Å². The molecule has 3 N–H and O–H groups in total. The number of nitrogens with two attached hydrogens (primary N) is 1. The number of sulfonamides is 1. The third-order valence-corrected chi connectivity index (χ3v) is 8.16. The normalized spacial score (nSPS) is 17.1. The lowest BCUT2D eigenvalue weighted by molar-refractivity contribution is -0.134. The van der Waals surface area contributed by atoms with Gasteiger partial charge in [0.05, 0.1) is 4.34 Å². The van der Waals surface area contributed by atoms with Crippen molar-refractivity contribution in [2.75, 3.05) is 38.2 Å². The Morgan fingerprint density at radius 3 is 2.50 bits per heavy atom. The van der Waals surface area contributed by atoms with E-state index in [1.165, 1.54) is 10.4 Å². The summed E-state index contributed by atoms with van der Waals surface area (Å²) in [4.78, 5) is 25.3. The lowest BCUT2D eigenvalue weighted by atomic mass is 10.2. The van der Waals surface area contributed by atoms with Crippen molar-refractivity contribution in [2.45, 2.75) is 16.7 Å². The van der Waals surface area contributed by atoms with Crippen molar-refractivity contribution in [3.05, 3.63) is 16.5 Å². The number of hydrogen-bond donors (Lipinski definition) is 2. The predicted molar refractivity (Wildman–Crippen MR) is 104 cm³/mol. The second-order valence-corrected chi connectivity index (χ2v) is 10.5. The molecule has 8 nitrogen and oxygen atoms in total. The molecule has 1 aliphatic rings. The van der Waals surface area contributed by atoms with E-state index in [0.29, 0.717) is 16.5 Å². The number of thiophene rings is 1. The van der Waals surface area contributed by atoms with E-state index >= 15 is 0 Å². The first-order valence-corrected chi connectivity index (χ1v) is 11.9. The molecule has 2 rings (SSSR count). The molecule has 0 bridgehead atoms. The van der Waals surface area contributed by atoms with Crippen LogP contribution in [-0.2, 0) is 14.8 Å². The van der Waals surface area contributed by atoms with E-state index in [-0.39, 0.29) is 36.3 Å². The van der Waals surface area contributed by atoms with Gasteiger partial charge >= 0.3 is 6.03 Å². The molecule has 0 unspecified atom stereocenters. The first kappa shape index (κ1) is 21.3. The maximum Gasteiger partial charge on any atom is 0.312 e. The minimum absolute atomic E-state index is 0.190. The topological polar surface area (TPSA) is 113 Å². The maximum atomic E-state index is 12.6. The van der Waals surface area contributed by atoms with Crippen molar-refractivity contribution in [3.63, 3.8) is 0 Å². The van der Waals surface area contributed by atoms with Gasteiger partial charge in [-0.2, -0.15) is 16.1 Å². The fourth-order valence-corrected chi connectivity index (χ4v) is 6.13. The number of halogens is 1. The Balaban J connectivity index is 1.99. The maximum absolute atomic E-state index is 12.6. The molecular formula is C14H21ClN4O4S3. The van der Waals surface area contributed by atoms with Gasteiger partial charge in [0.15, 0.2) is 0 Å². The van der Waals surface area contributed by atoms with Crippen LogP contribution in [0.4, 0.5) is 4.79 Å². The fraction of sp³-hybridized carbons (Fsp3) is 0.571. The first-order chi connectivity index (χ1) is 12.3. The van der Waals surface area contributed by atoms with Crippen LogP contribution in [0.2, 0.25) is 4.34 Å². The van der Waals surface area contributed by atoms with E-state index in [4.69, 9.17) is 17.3 Å². The summed E-state index contributed by atoms with van der Waals surface area (Å²) in [7, 11) is -3.61. The Labute approximate surface area is 166 Å². The predicted octanol–water partition coefficient (Wildman–Crippen LogP) is 1.02. The van der Waals surface area contributed by atoms with E-state index in [2.05, 4.69) is 5.32 Å². The molecule has 1 aliphatic heterocycles. The third kappa shape index (κ3) is 5.26. The highest BCUT2D eigenvalue weighted by Gasteiger charge is 2.33. The van der Waals surface area contributed by atoms with Gasteiger partial charge in [-0.15, -0.1) is 11.3 Å². The fourth-order valence-electron chi connectivity index (χ4n) is 2.60. The minimum Gasteiger partial charge on any atom is -0.352 e. The van der Waals surface area contributed by atoms with Crippen molar-refractivity contribution in [1.29, 1.82) is 0 Å². The Kier molecular flexibility index (Phi) is 7.59. The van der Waals surface area contributed by atoms with Gasteiger partial charge in [0.25, 0.3) is 10.0 Å². The van der Waals surface area contributed by atoms with Gasteiger partial charge in [-0.3, -0.25) is 4.79 Å². The molecule has 2 heterocycles. The number of primary amides is 1. The van der Waals surface area contributed by atoms with Crippen molar-refractivity contribution >= 4 is 56.7 Å². The van der Waals surface area contributed by atoms with Crippen LogP contribution >= 0.6 is 34.7 Å². The van der Waals surface area contributed by atoms with Crippen LogP contribution in [0.15, 0.2) is 16.3 Å².